The molecule has 1 amide bonds. The summed E-state index contributed by atoms with van der Waals surface area (Å²) in [6.45, 7) is 6.39. The molecule has 0 saturated heterocycles. The third kappa shape index (κ3) is 4.85. The number of nitrogens with zero attached hydrogens (tertiary/aromatic N) is 1. The predicted molar refractivity (Wildman–Crippen MR) is 106 cm³/mol. The monoisotopic (exact) mass is 374 g/mol. The van der Waals surface area contributed by atoms with Crippen molar-refractivity contribution in [3.63, 3.8) is 0 Å². The molecule has 2 aromatic carbocycles. The summed E-state index contributed by atoms with van der Waals surface area (Å²) in [6.07, 6.45) is 1.20. The normalized spacial score (nSPS) is 11.4. The van der Waals surface area contributed by atoms with Crippen LogP contribution in [0.1, 0.15) is 41.3 Å². The minimum Gasteiger partial charge on any atom is -0.350 e. The van der Waals surface area contributed by atoms with Crippen LogP contribution < -0.4 is 9.62 Å². The van der Waals surface area contributed by atoms with Crippen LogP contribution >= 0.6 is 0 Å². The highest BCUT2D eigenvalue weighted by molar-refractivity contribution is 7.92. The molecule has 0 heterocycles. The lowest BCUT2D eigenvalue weighted by molar-refractivity contribution is 0.0955. The molecule has 0 aliphatic rings. The highest BCUT2D eigenvalue weighted by Crippen LogP contribution is 2.32. The summed E-state index contributed by atoms with van der Waals surface area (Å²) >= 11 is 0. The summed E-state index contributed by atoms with van der Waals surface area (Å²) in [5.74, 6) is -0.0269. The summed E-state index contributed by atoms with van der Waals surface area (Å²) in [5, 5.41) is 2.79. The zero-order chi connectivity index (χ0) is 19.3. The Labute approximate surface area is 156 Å². The van der Waals surface area contributed by atoms with E-state index in [4.69, 9.17) is 0 Å². The fraction of sp³-hybridized carbons (Fsp3) is 0.350. The first-order valence-corrected chi connectivity index (χ1v) is 10.5. The average Bonchev–Trinajstić information content (AvgIpc) is 2.58. The first kappa shape index (κ1) is 20.0. The van der Waals surface area contributed by atoms with Crippen molar-refractivity contribution in [1.29, 1.82) is 0 Å². The van der Waals surface area contributed by atoms with Crippen LogP contribution in [0.15, 0.2) is 48.5 Å². The molecule has 0 saturated carbocycles. The molecule has 1 N–H and O–H groups in total. The van der Waals surface area contributed by atoms with Gasteiger partial charge in [0.15, 0.2) is 0 Å². The minimum absolute atomic E-state index is 0.183. The third-order valence-electron chi connectivity index (χ3n) is 4.18. The average molecular weight is 375 g/mol. The van der Waals surface area contributed by atoms with Gasteiger partial charge < -0.3 is 5.32 Å². The van der Waals surface area contributed by atoms with E-state index in [1.54, 1.807) is 24.3 Å². The molecule has 140 valence electrons. The summed E-state index contributed by atoms with van der Waals surface area (Å²) in [7, 11) is -3.48. The number of sulfonamides is 1. The van der Waals surface area contributed by atoms with Crippen LogP contribution in [0.2, 0.25) is 0 Å². The Balaban J connectivity index is 2.22. The molecular formula is C20H26N2O3S. The molecule has 5 nitrogen and oxygen atoms in total. The Hall–Kier alpha value is -2.34. The van der Waals surface area contributed by atoms with Crippen molar-refractivity contribution in [2.24, 2.45) is 0 Å². The number of carbonyl (C=O) groups excluding carboxylic acids is 1. The smallest absolute Gasteiger partial charge is 0.251 e. The SMILES string of the molecule is Cc1cccc(C(C)C)c1N(CCNC(=O)c1ccccc1)S(C)(=O)=O. The molecule has 0 unspecified atom stereocenters. The summed E-state index contributed by atoms with van der Waals surface area (Å²) in [4.78, 5) is 12.2. The molecule has 0 radical (unpaired) electrons. The van der Waals surface area contributed by atoms with Crippen molar-refractivity contribution in [2.75, 3.05) is 23.7 Å². The van der Waals surface area contributed by atoms with Gasteiger partial charge in [0, 0.05) is 12.1 Å². The molecule has 0 atom stereocenters. The van der Waals surface area contributed by atoms with Crippen LogP contribution in [0.25, 0.3) is 0 Å². The Bertz CT molecular complexity index is 862. The van der Waals surface area contributed by atoms with E-state index in [2.05, 4.69) is 5.32 Å². The Morgan fingerprint density at radius 2 is 1.73 bits per heavy atom. The number of hydrogen-bond acceptors (Lipinski definition) is 3. The molecule has 26 heavy (non-hydrogen) atoms. The van der Waals surface area contributed by atoms with Gasteiger partial charge in [0.25, 0.3) is 5.91 Å². The molecule has 0 aromatic heterocycles. The largest absolute Gasteiger partial charge is 0.350 e. The maximum atomic E-state index is 12.4. The van der Waals surface area contributed by atoms with Gasteiger partial charge in [-0.15, -0.1) is 0 Å². The van der Waals surface area contributed by atoms with Gasteiger partial charge in [-0.25, -0.2) is 8.42 Å². The van der Waals surface area contributed by atoms with Crippen molar-refractivity contribution in [3.8, 4) is 0 Å². The van der Waals surface area contributed by atoms with E-state index in [-0.39, 0.29) is 24.9 Å². The van der Waals surface area contributed by atoms with Crippen LogP contribution in [0.3, 0.4) is 0 Å². The lowest BCUT2D eigenvalue weighted by Gasteiger charge is -2.28. The second kappa shape index (κ2) is 8.36. The van der Waals surface area contributed by atoms with Crippen LogP contribution in [0, 0.1) is 6.92 Å². The standard InChI is InChI=1S/C20H26N2O3S/c1-15(2)18-12-8-9-16(3)19(18)22(26(4,24)25)14-13-21-20(23)17-10-6-5-7-11-17/h5-12,15H,13-14H2,1-4H3,(H,21,23). The maximum absolute atomic E-state index is 12.4. The van der Waals surface area contributed by atoms with Gasteiger partial charge in [-0.05, 0) is 36.1 Å². The van der Waals surface area contributed by atoms with E-state index in [1.807, 2.05) is 45.0 Å². The zero-order valence-electron chi connectivity index (χ0n) is 15.7. The quantitative estimate of drug-likeness (QED) is 0.808. The van der Waals surface area contributed by atoms with Crippen LogP contribution in [-0.2, 0) is 10.0 Å². The number of aryl methyl sites for hydroxylation is 1. The van der Waals surface area contributed by atoms with E-state index in [0.29, 0.717) is 11.3 Å². The van der Waals surface area contributed by atoms with Crippen LogP contribution in [-0.4, -0.2) is 33.7 Å². The van der Waals surface area contributed by atoms with Gasteiger partial charge in [-0.3, -0.25) is 9.10 Å². The van der Waals surface area contributed by atoms with Gasteiger partial charge in [-0.1, -0.05) is 50.2 Å². The van der Waals surface area contributed by atoms with Crippen molar-refractivity contribution in [2.45, 2.75) is 26.7 Å². The van der Waals surface area contributed by atoms with E-state index in [0.717, 1.165) is 11.1 Å². The number of para-hydroxylation sites is 1. The second-order valence-electron chi connectivity index (χ2n) is 6.62. The van der Waals surface area contributed by atoms with E-state index >= 15 is 0 Å². The number of hydrogen-bond donors (Lipinski definition) is 1. The molecular weight excluding hydrogens is 348 g/mol. The lowest BCUT2D eigenvalue weighted by Crippen LogP contribution is -2.39. The highest BCUT2D eigenvalue weighted by Gasteiger charge is 2.23. The fourth-order valence-electron chi connectivity index (χ4n) is 2.89. The van der Waals surface area contributed by atoms with E-state index in [1.165, 1.54) is 10.6 Å². The molecule has 0 aliphatic carbocycles. The molecule has 0 bridgehead atoms. The Kier molecular flexibility index (Phi) is 6.42. The van der Waals surface area contributed by atoms with Crippen molar-refractivity contribution in [1.82, 2.24) is 5.32 Å². The van der Waals surface area contributed by atoms with E-state index in [9.17, 15) is 13.2 Å². The first-order chi connectivity index (χ1) is 12.2. The topological polar surface area (TPSA) is 66.5 Å². The van der Waals surface area contributed by atoms with Crippen molar-refractivity contribution >= 4 is 21.6 Å². The first-order valence-electron chi connectivity index (χ1n) is 8.62. The fourth-order valence-corrected chi connectivity index (χ4v) is 3.90. The summed E-state index contributed by atoms with van der Waals surface area (Å²) in [6, 6.07) is 14.7. The maximum Gasteiger partial charge on any atom is 0.251 e. The molecule has 0 aliphatic heterocycles. The zero-order valence-corrected chi connectivity index (χ0v) is 16.5. The van der Waals surface area contributed by atoms with Gasteiger partial charge >= 0.3 is 0 Å². The van der Waals surface area contributed by atoms with Crippen LogP contribution in [0.4, 0.5) is 5.69 Å². The Morgan fingerprint density at radius 1 is 1.08 bits per heavy atom. The van der Waals surface area contributed by atoms with Crippen molar-refractivity contribution < 1.29 is 13.2 Å². The number of rotatable bonds is 7. The van der Waals surface area contributed by atoms with Gasteiger partial charge in [-0.2, -0.15) is 0 Å². The van der Waals surface area contributed by atoms with Gasteiger partial charge in [0.2, 0.25) is 10.0 Å². The minimum atomic E-state index is -3.48. The Morgan fingerprint density at radius 3 is 2.31 bits per heavy atom. The molecule has 2 rings (SSSR count). The summed E-state index contributed by atoms with van der Waals surface area (Å²) in [5.41, 5.74) is 3.14. The highest BCUT2D eigenvalue weighted by atomic mass is 32.2. The number of amides is 1. The number of anilines is 1. The molecule has 0 fully saturated rings. The number of nitrogens with one attached hydrogen (secondary N) is 1. The predicted octanol–water partition coefficient (Wildman–Crippen LogP) is 3.31. The number of carbonyl (C=O) groups is 1. The second-order valence-corrected chi connectivity index (χ2v) is 8.53. The molecule has 0 spiro atoms. The molecule has 2 aromatic rings. The van der Waals surface area contributed by atoms with Crippen molar-refractivity contribution in [3.05, 3.63) is 65.2 Å². The molecule has 6 heteroatoms. The third-order valence-corrected chi connectivity index (χ3v) is 5.34. The summed E-state index contributed by atoms with van der Waals surface area (Å²) < 4.78 is 26.2. The van der Waals surface area contributed by atoms with Gasteiger partial charge in [0.05, 0.1) is 18.5 Å². The number of benzene rings is 2. The lowest BCUT2D eigenvalue weighted by atomic mass is 9.98. The van der Waals surface area contributed by atoms with E-state index < -0.39 is 10.0 Å². The van der Waals surface area contributed by atoms with Crippen LogP contribution in [0.5, 0.6) is 0 Å². The van der Waals surface area contributed by atoms with Gasteiger partial charge in [0.1, 0.15) is 0 Å².